The molecular formula is C18H34ClN2O8PS. The first-order valence-corrected chi connectivity index (χ1v) is 13.6. The summed E-state index contributed by atoms with van der Waals surface area (Å²) >= 11 is 7.38. The van der Waals surface area contributed by atoms with E-state index in [0.717, 1.165) is 37.6 Å². The van der Waals surface area contributed by atoms with Gasteiger partial charge in [-0.2, -0.15) is 0 Å². The molecule has 0 aromatic heterocycles. The number of alkyl halides is 1. The Kier molecular flexibility index (Phi) is 10.1. The molecule has 31 heavy (non-hydrogen) atoms. The third kappa shape index (κ3) is 7.02. The van der Waals surface area contributed by atoms with Crippen LogP contribution >= 0.6 is 31.2 Å². The van der Waals surface area contributed by atoms with Gasteiger partial charge >= 0.3 is 7.82 Å². The summed E-state index contributed by atoms with van der Waals surface area (Å²) in [6.45, 7) is 4.57. The predicted octanol–water partition coefficient (Wildman–Crippen LogP) is 0.506. The van der Waals surface area contributed by atoms with Crippen molar-refractivity contribution in [2.75, 3.05) is 19.8 Å². The topological polar surface area (TPSA) is 149 Å². The van der Waals surface area contributed by atoms with E-state index in [9.17, 15) is 19.6 Å². The fourth-order valence-electron chi connectivity index (χ4n) is 4.37. The van der Waals surface area contributed by atoms with E-state index in [1.165, 1.54) is 0 Å². The number of thioether (sulfide) groups is 1. The zero-order valence-electron chi connectivity index (χ0n) is 18.1. The molecule has 0 aromatic rings. The van der Waals surface area contributed by atoms with E-state index in [0.29, 0.717) is 5.92 Å². The summed E-state index contributed by atoms with van der Waals surface area (Å²) in [5, 5.41) is 23.4. The van der Waals surface area contributed by atoms with Gasteiger partial charge in [0.15, 0.2) is 0 Å². The van der Waals surface area contributed by atoms with Gasteiger partial charge < -0.3 is 30.1 Å². The molecule has 9 atom stereocenters. The molecule has 10 nitrogen and oxygen atoms in total. The summed E-state index contributed by atoms with van der Waals surface area (Å²) in [4.78, 5) is 33.3. The number of phosphoric acid groups is 1. The van der Waals surface area contributed by atoms with Gasteiger partial charge in [-0.05, 0) is 39.0 Å². The van der Waals surface area contributed by atoms with Crippen LogP contribution in [0.2, 0.25) is 0 Å². The molecule has 2 aliphatic heterocycles. The van der Waals surface area contributed by atoms with E-state index < -0.39 is 49.1 Å². The van der Waals surface area contributed by atoms with Crippen molar-refractivity contribution < 1.29 is 38.6 Å². The number of nitrogens with zero attached hydrogens (tertiary/aromatic N) is 1. The number of rotatable bonds is 9. The second-order valence-corrected chi connectivity index (χ2v) is 11.1. The number of likely N-dealkylation sites (tertiary alicyclic amines) is 1. The van der Waals surface area contributed by atoms with Crippen molar-refractivity contribution in [3.63, 3.8) is 0 Å². The van der Waals surface area contributed by atoms with Crippen LogP contribution in [0.15, 0.2) is 0 Å². The molecule has 2 aliphatic rings. The van der Waals surface area contributed by atoms with E-state index in [4.69, 9.17) is 26.1 Å². The lowest BCUT2D eigenvalue weighted by atomic mass is 9.92. The molecule has 5 N–H and O–H groups in total. The Morgan fingerprint density at radius 1 is 1.39 bits per heavy atom. The Labute approximate surface area is 192 Å². The van der Waals surface area contributed by atoms with Crippen LogP contribution in [0.25, 0.3) is 0 Å². The lowest BCUT2D eigenvalue weighted by Crippen LogP contribution is -2.65. The van der Waals surface area contributed by atoms with E-state index in [1.54, 1.807) is 13.2 Å². The summed E-state index contributed by atoms with van der Waals surface area (Å²) in [5.41, 5.74) is -0.992. The normalized spacial score (nSPS) is 36.9. The highest BCUT2D eigenvalue weighted by Gasteiger charge is 2.51. The smallest absolute Gasteiger partial charge is 0.388 e. The molecule has 0 unspecified atom stereocenters. The van der Waals surface area contributed by atoms with Crippen molar-refractivity contribution in [1.29, 1.82) is 0 Å². The second-order valence-electron chi connectivity index (χ2n) is 8.30. The van der Waals surface area contributed by atoms with Crippen molar-refractivity contribution in [1.82, 2.24) is 10.2 Å². The minimum Gasteiger partial charge on any atom is -0.388 e. The Balaban J connectivity index is 2.15. The fourth-order valence-corrected chi connectivity index (χ4v) is 5.93. The first-order valence-electron chi connectivity index (χ1n) is 10.3. The number of nitrogens with one attached hydrogen (secondary N) is 1. The molecule has 1 amide bonds. The summed E-state index contributed by atoms with van der Waals surface area (Å²) in [6, 6.07) is -1.18. The molecule has 2 saturated heterocycles. The highest BCUT2D eigenvalue weighted by Crippen LogP contribution is 2.43. The first kappa shape index (κ1) is 27.3. The van der Waals surface area contributed by atoms with E-state index in [2.05, 4.69) is 16.8 Å². The van der Waals surface area contributed by atoms with E-state index >= 15 is 0 Å². The standard InChI is InChI=1S/C18H34ClN2O8PS/c1-5-6-10-7-11(21(3)8-10)17(24)20-12(9(2)19)15-13(22)14(23)16(18(28-15)31-4)29-30(25,26)27/h9-16,18,22-23H,5-8H2,1-4H3,(H,20,24)(H2,25,26,27)/t9-,10+,11-,12-,13+,14-,15-,16+,18+/m0/s1. The number of likely N-dealkylation sites (N-methyl/N-ethyl adjacent to an activating group) is 1. The zero-order chi connectivity index (χ0) is 23.5. The molecule has 2 rings (SSSR count). The van der Waals surface area contributed by atoms with Crippen molar-refractivity contribution in [3.05, 3.63) is 0 Å². The molecule has 0 spiro atoms. The third-order valence-corrected chi connectivity index (χ3v) is 7.50. The molecule has 0 radical (unpaired) electrons. The molecule has 0 aliphatic carbocycles. The van der Waals surface area contributed by atoms with Crippen molar-refractivity contribution in [3.8, 4) is 0 Å². The molecule has 2 heterocycles. The van der Waals surface area contributed by atoms with Crippen LogP contribution in [-0.2, 0) is 18.6 Å². The Bertz CT molecular complexity index is 654. The maximum absolute atomic E-state index is 13.0. The van der Waals surface area contributed by atoms with Gasteiger partial charge in [-0.15, -0.1) is 23.4 Å². The second kappa shape index (κ2) is 11.5. The summed E-state index contributed by atoms with van der Waals surface area (Å²) in [5.74, 6) is 0.195. The van der Waals surface area contributed by atoms with E-state index in [-0.39, 0.29) is 11.9 Å². The van der Waals surface area contributed by atoms with Crippen LogP contribution in [0.5, 0.6) is 0 Å². The number of carbonyl (C=O) groups is 1. The number of aliphatic hydroxyl groups is 2. The van der Waals surface area contributed by atoms with E-state index in [1.807, 2.05) is 11.9 Å². The lowest BCUT2D eigenvalue weighted by Gasteiger charge is -2.45. The van der Waals surface area contributed by atoms with Gasteiger partial charge in [0.1, 0.15) is 29.9 Å². The quantitative estimate of drug-likeness (QED) is 0.222. The van der Waals surface area contributed by atoms with Gasteiger partial charge in [0.2, 0.25) is 5.91 Å². The Hall–Kier alpha value is 0.0600. The molecule has 13 heteroatoms. The van der Waals surface area contributed by atoms with Crippen LogP contribution in [0.4, 0.5) is 0 Å². The molecular weight excluding hydrogens is 471 g/mol. The minimum absolute atomic E-state index is 0.238. The molecule has 182 valence electrons. The van der Waals surface area contributed by atoms with Crippen LogP contribution in [0, 0.1) is 5.92 Å². The molecule has 2 fully saturated rings. The minimum atomic E-state index is -4.93. The van der Waals surface area contributed by atoms with Crippen LogP contribution in [-0.4, -0.2) is 98.0 Å². The van der Waals surface area contributed by atoms with Gasteiger partial charge in [-0.1, -0.05) is 13.3 Å². The van der Waals surface area contributed by atoms with Crippen LogP contribution in [0.3, 0.4) is 0 Å². The van der Waals surface area contributed by atoms with Gasteiger partial charge in [0.05, 0.1) is 17.5 Å². The van der Waals surface area contributed by atoms with Crippen LogP contribution < -0.4 is 5.32 Å². The van der Waals surface area contributed by atoms with Crippen molar-refractivity contribution in [2.24, 2.45) is 5.92 Å². The third-order valence-electron chi connectivity index (χ3n) is 5.87. The number of halogens is 1. The Morgan fingerprint density at radius 2 is 2.03 bits per heavy atom. The number of hydrogen-bond acceptors (Lipinski definition) is 8. The van der Waals surface area contributed by atoms with Crippen LogP contribution in [0.1, 0.15) is 33.1 Å². The number of phosphoric ester groups is 1. The maximum Gasteiger partial charge on any atom is 0.470 e. The van der Waals surface area contributed by atoms with Gasteiger partial charge in [-0.3, -0.25) is 14.2 Å². The lowest BCUT2D eigenvalue weighted by molar-refractivity contribution is -0.201. The fraction of sp³-hybridized carbons (Fsp3) is 0.944. The highest BCUT2D eigenvalue weighted by atomic mass is 35.5. The molecule has 0 saturated carbocycles. The number of aliphatic hydroxyl groups excluding tert-OH is 2. The number of carbonyl (C=O) groups excluding carboxylic acids is 1. The average molecular weight is 505 g/mol. The van der Waals surface area contributed by atoms with Gasteiger partial charge in [0, 0.05) is 6.54 Å². The monoisotopic (exact) mass is 504 g/mol. The average Bonchev–Trinajstić information content (AvgIpc) is 3.03. The SMILES string of the molecule is CCC[C@@H]1C[C@@H](C(=O)N[C@H]([C@@H]2O[C@H](SC)[C@H](OP(=O)(O)O)[C@@H](O)[C@H]2O)[C@H](C)Cl)N(C)C1. The summed E-state index contributed by atoms with van der Waals surface area (Å²) < 4.78 is 21.7. The highest BCUT2D eigenvalue weighted by molar-refractivity contribution is 7.99. The summed E-state index contributed by atoms with van der Waals surface area (Å²) in [7, 11) is -3.04. The molecule has 0 bridgehead atoms. The van der Waals surface area contributed by atoms with Gasteiger partial charge in [-0.25, -0.2) is 4.57 Å². The predicted molar refractivity (Wildman–Crippen MR) is 118 cm³/mol. The largest absolute Gasteiger partial charge is 0.470 e. The van der Waals surface area contributed by atoms with Gasteiger partial charge in [0.25, 0.3) is 0 Å². The summed E-state index contributed by atoms with van der Waals surface area (Å²) in [6.07, 6.45) is -1.37. The maximum atomic E-state index is 13.0. The Morgan fingerprint density at radius 3 is 2.55 bits per heavy atom. The first-order chi connectivity index (χ1) is 14.4. The van der Waals surface area contributed by atoms with Crippen molar-refractivity contribution in [2.45, 2.75) is 80.4 Å². The van der Waals surface area contributed by atoms with Crippen molar-refractivity contribution >= 4 is 37.1 Å². The molecule has 0 aromatic carbocycles. The number of hydrogen-bond donors (Lipinski definition) is 5. The number of amides is 1. The zero-order valence-corrected chi connectivity index (χ0v) is 20.6. The number of ether oxygens (including phenoxy) is 1.